The van der Waals surface area contributed by atoms with Crippen LogP contribution in [0.3, 0.4) is 0 Å². The molecule has 24 heavy (non-hydrogen) atoms. The third-order valence-corrected chi connectivity index (χ3v) is 4.06. The maximum Gasteiger partial charge on any atom is 0.163 e. The average Bonchev–Trinajstić information content (AvgIpc) is 2.55. The Kier molecular flexibility index (Phi) is 7.01. The lowest BCUT2D eigenvalue weighted by molar-refractivity contribution is -0.215. The Morgan fingerprint density at radius 1 is 0.750 bits per heavy atom. The van der Waals surface area contributed by atoms with E-state index in [1.165, 1.54) is 11.1 Å². The molecule has 0 bridgehead atoms. The first-order valence-corrected chi connectivity index (χ1v) is 8.78. The minimum absolute atomic E-state index is 0.0439. The van der Waals surface area contributed by atoms with Crippen molar-refractivity contribution in [1.29, 1.82) is 0 Å². The van der Waals surface area contributed by atoms with Gasteiger partial charge in [0.25, 0.3) is 0 Å². The van der Waals surface area contributed by atoms with E-state index < -0.39 is 0 Å². The van der Waals surface area contributed by atoms with Gasteiger partial charge in [-0.3, -0.25) is 0 Å². The molecule has 2 aromatic rings. The molecule has 130 valence electrons. The highest BCUT2D eigenvalue weighted by Crippen LogP contribution is 2.33. The maximum absolute atomic E-state index is 6.19. The van der Waals surface area contributed by atoms with E-state index in [0.29, 0.717) is 19.1 Å². The first-order valence-electron chi connectivity index (χ1n) is 8.78. The quantitative estimate of drug-likeness (QED) is 0.541. The Bertz CT molecular complexity index is 532. The van der Waals surface area contributed by atoms with Crippen LogP contribution in [-0.4, -0.2) is 6.29 Å². The van der Waals surface area contributed by atoms with Crippen molar-refractivity contribution in [2.24, 2.45) is 11.3 Å². The van der Waals surface area contributed by atoms with Crippen LogP contribution in [0.25, 0.3) is 0 Å². The van der Waals surface area contributed by atoms with E-state index in [1.54, 1.807) is 0 Å². The lowest BCUT2D eigenvalue weighted by Gasteiger charge is -2.35. The van der Waals surface area contributed by atoms with Crippen molar-refractivity contribution in [3.63, 3.8) is 0 Å². The van der Waals surface area contributed by atoms with Crippen LogP contribution < -0.4 is 0 Å². The Labute approximate surface area is 146 Å². The lowest BCUT2D eigenvalue weighted by atomic mass is 9.83. The first kappa shape index (κ1) is 18.7. The summed E-state index contributed by atoms with van der Waals surface area (Å²) < 4.78 is 12.4. The maximum atomic E-state index is 6.19. The molecule has 2 aromatic carbocycles. The predicted octanol–water partition coefficient (Wildman–Crippen LogP) is 5.82. The van der Waals surface area contributed by atoms with E-state index >= 15 is 0 Å². The molecule has 0 fully saturated rings. The molecule has 0 aliphatic carbocycles. The molecule has 0 radical (unpaired) electrons. The van der Waals surface area contributed by atoms with Gasteiger partial charge in [-0.25, -0.2) is 0 Å². The SMILES string of the molecule is CC(C)CC(C)(C)C(OCc1ccccc1)OCc1ccccc1. The van der Waals surface area contributed by atoms with Gasteiger partial charge < -0.3 is 9.47 Å². The molecule has 0 aliphatic rings. The molecule has 0 aliphatic heterocycles. The summed E-state index contributed by atoms with van der Waals surface area (Å²) in [4.78, 5) is 0. The van der Waals surface area contributed by atoms with Crippen molar-refractivity contribution >= 4 is 0 Å². The fourth-order valence-corrected chi connectivity index (χ4v) is 3.14. The molecule has 0 spiro atoms. The summed E-state index contributed by atoms with van der Waals surface area (Å²) >= 11 is 0. The van der Waals surface area contributed by atoms with Gasteiger partial charge in [-0.1, -0.05) is 88.4 Å². The van der Waals surface area contributed by atoms with Crippen molar-refractivity contribution in [2.75, 3.05) is 0 Å². The number of rotatable bonds is 9. The van der Waals surface area contributed by atoms with Crippen molar-refractivity contribution in [3.8, 4) is 0 Å². The molecule has 0 saturated carbocycles. The van der Waals surface area contributed by atoms with E-state index in [1.807, 2.05) is 36.4 Å². The van der Waals surface area contributed by atoms with E-state index in [0.717, 1.165) is 6.42 Å². The summed E-state index contributed by atoms with van der Waals surface area (Å²) in [5.41, 5.74) is 2.30. The van der Waals surface area contributed by atoms with Gasteiger partial charge in [-0.15, -0.1) is 0 Å². The van der Waals surface area contributed by atoms with Gasteiger partial charge in [0.05, 0.1) is 13.2 Å². The lowest BCUT2D eigenvalue weighted by Crippen LogP contribution is -2.35. The molecule has 0 aromatic heterocycles. The van der Waals surface area contributed by atoms with Crippen LogP contribution in [0.2, 0.25) is 0 Å². The van der Waals surface area contributed by atoms with Gasteiger partial charge in [-0.2, -0.15) is 0 Å². The van der Waals surface area contributed by atoms with E-state index in [-0.39, 0.29) is 11.7 Å². The molecular weight excluding hydrogens is 296 g/mol. The smallest absolute Gasteiger partial charge is 0.163 e. The molecule has 2 rings (SSSR count). The second-order valence-corrected chi connectivity index (χ2v) is 7.51. The third kappa shape index (κ3) is 6.10. The van der Waals surface area contributed by atoms with Crippen molar-refractivity contribution in [3.05, 3.63) is 71.8 Å². The standard InChI is InChI=1S/C22H30O2/c1-18(2)15-22(3,4)21(23-16-19-11-7-5-8-12-19)24-17-20-13-9-6-10-14-20/h5-14,18,21H,15-17H2,1-4H3. The Hall–Kier alpha value is -1.64. The van der Waals surface area contributed by atoms with E-state index in [2.05, 4.69) is 52.0 Å². The molecule has 2 heteroatoms. The zero-order chi connectivity index (χ0) is 17.4. The molecule has 0 amide bonds. The monoisotopic (exact) mass is 326 g/mol. The van der Waals surface area contributed by atoms with Gasteiger partial charge in [-0.05, 0) is 23.5 Å². The zero-order valence-electron chi connectivity index (χ0n) is 15.4. The predicted molar refractivity (Wildman–Crippen MR) is 99.5 cm³/mol. The molecule has 0 heterocycles. The summed E-state index contributed by atoms with van der Waals surface area (Å²) in [6.07, 6.45) is 0.821. The van der Waals surface area contributed by atoms with Crippen LogP contribution >= 0.6 is 0 Å². The summed E-state index contributed by atoms with van der Waals surface area (Å²) in [6, 6.07) is 20.6. The number of hydrogen-bond acceptors (Lipinski definition) is 2. The van der Waals surface area contributed by atoms with Gasteiger partial charge in [0.2, 0.25) is 0 Å². The summed E-state index contributed by atoms with van der Waals surface area (Å²) in [7, 11) is 0. The van der Waals surface area contributed by atoms with E-state index in [9.17, 15) is 0 Å². The highest BCUT2D eigenvalue weighted by atomic mass is 16.7. The summed E-state index contributed by atoms with van der Waals surface area (Å²) in [6.45, 7) is 10.1. The topological polar surface area (TPSA) is 18.5 Å². The molecular formula is C22H30O2. The van der Waals surface area contributed by atoms with Crippen LogP contribution in [0, 0.1) is 11.3 Å². The zero-order valence-corrected chi connectivity index (χ0v) is 15.4. The Morgan fingerprint density at radius 3 is 1.54 bits per heavy atom. The summed E-state index contributed by atoms with van der Waals surface area (Å²) in [5, 5.41) is 0. The first-order chi connectivity index (χ1) is 11.5. The molecule has 0 atom stereocenters. The summed E-state index contributed by atoms with van der Waals surface area (Å²) in [5.74, 6) is 0.600. The van der Waals surface area contributed by atoms with Crippen molar-refractivity contribution in [1.82, 2.24) is 0 Å². The van der Waals surface area contributed by atoms with Gasteiger partial charge in [0.15, 0.2) is 6.29 Å². The third-order valence-electron chi connectivity index (χ3n) is 4.06. The Balaban J connectivity index is 2.02. The highest BCUT2D eigenvalue weighted by molar-refractivity contribution is 5.14. The minimum Gasteiger partial charge on any atom is -0.347 e. The molecule has 0 N–H and O–H groups in total. The number of ether oxygens (including phenoxy) is 2. The van der Waals surface area contributed by atoms with Crippen LogP contribution in [0.5, 0.6) is 0 Å². The van der Waals surface area contributed by atoms with Crippen LogP contribution in [-0.2, 0) is 22.7 Å². The fraction of sp³-hybridized carbons (Fsp3) is 0.455. The molecule has 0 unspecified atom stereocenters. The van der Waals surface area contributed by atoms with Crippen molar-refractivity contribution in [2.45, 2.75) is 53.6 Å². The average molecular weight is 326 g/mol. The molecule has 0 saturated heterocycles. The van der Waals surface area contributed by atoms with Crippen LogP contribution in [0.1, 0.15) is 45.2 Å². The van der Waals surface area contributed by atoms with Gasteiger partial charge >= 0.3 is 0 Å². The Morgan fingerprint density at radius 2 is 1.17 bits per heavy atom. The van der Waals surface area contributed by atoms with Gasteiger partial charge in [0, 0.05) is 5.41 Å². The fourth-order valence-electron chi connectivity index (χ4n) is 3.14. The highest BCUT2D eigenvalue weighted by Gasteiger charge is 2.32. The second kappa shape index (κ2) is 9.00. The molecule has 2 nitrogen and oxygen atoms in total. The normalized spacial score (nSPS) is 12.1. The van der Waals surface area contributed by atoms with E-state index in [4.69, 9.17) is 9.47 Å². The van der Waals surface area contributed by atoms with Crippen molar-refractivity contribution < 1.29 is 9.47 Å². The number of hydrogen-bond donors (Lipinski definition) is 0. The van der Waals surface area contributed by atoms with Crippen LogP contribution in [0.15, 0.2) is 60.7 Å². The largest absolute Gasteiger partial charge is 0.347 e. The van der Waals surface area contributed by atoms with Crippen LogP contribution in [0.4, 0.5) is 0 Å². The van der Waals surface area contributed by atoms with Gasteiger partial charge in [0.1, 0.15) is 0 Å². The second-order valence-electron chi connectivity index (χ2n) is 7.51. The minimum atomic E-state index is -0.236. The number of benzene rings is 2.